The number of nitrogens with one attached hydrogen (secondary N) is 2. The summed E-state index contributed by atoms with van der Waals surface area (Å²) in [4.78, 5) is 7.35. The van der Waals surface area contributed by atoms with Crippen molar-refractivity contribution in [3.63, 3.8) is 0 Å². The van der Waals surface area contributed by atoms with E-state index in [9.17, 15) is 4.39 Å². The average molecular weight is 534 g/mol. The van der Waals surface area contributed by atoms with Gasteiger partial charge in [0.25, 0.3) is 0 Å². The van der Waals surface area contributed by atoms with Crippen LogP contribution in [-0.2, 0) is 14.9 Å². The molecular formula is C22H36FIN4O2. The summed E-state index contributed by atoms with van der Waals surface area (Å²) < 4.78 is 24.4. The molecule has 2 N–H and O–H groups in total. The summed E-state index contributed by atoms with van der Waals surface area (Å²) in [6.07, 6.45) is 2.87. The highest BCUT2D eigenvalue weighted by molar-refractivity contribution is 14.0. The predicted octanol–water partition coefficient (Wildman–Crippen LogP) is 2.77. The molecule has 1 aromatic carbocycles. The summed E-state index contributed by atoms with van der Waals surface area (Å²) in [5.41, 5.74) is 1.05. The Morgan fingerprint density at radius 2 is 1.73 bits per heavy atom. The number of halogens is 2. The molecule has 0 radical (unpaired) electrons. The molecule has 0 spiro atoms. The molecule has 0 atom stereocenters. The van der Waals surface area contributed by atoms with Crippen molar-refractivity contribution < 1.29 is 13.9 Å². The zero-order valence-corrected chi connectivity index (χ0v) is 20.3. The van der Waals surface area contributed by atoms with Crippen molar-refractivity contribution >= 4 is 29.9 Å². The Labute approximate surface area is 197 Å². The molecule has 2 aliphatic rings. The van der Waals surface area contributed by atoms with Gasteiger partial charge in [0.2, 0.25) is 0 Å². The number of benzene rings is 1. The van der Waals surface area contributed by atoms with Crippen molar-refractivity contribution in [3.8, 4) is 0 Å². The van der Waals surface area contributed by atoms with Crippen LogP contribution in [0.15, 0.2) is 29.3 Å². The highest BCUT2D eigenvalue weighted by Gasteiger charge is 2.34. The van der Waals surface area contributed by atoms with Crippen molar-refractivity contribution in [1.82, 2.24) is 15.5 Å². The highest BCUT2D eigenvalue weighted by atomic mass is 127. The summed E-state index contributed by atoms with van der Waals surface area (Å²) in [7, 11) is 0. The maximum absolute atomic E-state index is 13.4. The number of ether oxygens (including phenoxy) is 2. The third kappa shape index (κ3) is 7.62. The zero-order chi connectivity index (χ0) is 20.4. The fourth-order valence-electron chi connectivity index (χ4n) is 4.01. The van der Waals surface area contributed by atoms with E-state index in [1.807, 2.05) is 12.1 Å². The van der Waals surface area contributed by atoms with Gasteiger partial charge in [0.15, 0.2) is 5.96 Å². The maximum atomic E-state index is 13.4. The first kappa shape index (κ1) is 25.3. The van der Waals surface area contributed by atoms with Gasteiger partial charge in [-0.1, -0.05) is 12.1 Å². The van der Waals surface area contributed by atoms with Crippen LogP contribution in [0, 0.1) is 5.82 Å². The van der Waals surface area contributed by atoms with Crippen LogP contribution in [0.5, 0.6) is 0 Å². The molecule has 0 bridgehead atoms. The van der Waals surface area contributed by atoms with Crippen molar-refractivity contribution in [2.45, 2.75) is 31.6 Å². The van der Waals surface area contributed by atoms with Crippen LogP contribution in [0.4, 0.5) is 4.39 Å². The molecule has 1 aromatic rings. The van der Waals surface area contributed by atoms with E-state index < -0.39 is 0 Å². The van der Waals surface area contributed by atoms with Crippen LogP contribution in [0.1, 0.15) is 31.7 Å². The highest BCUT2D eigenvalue weighted by Crippen LogP contribution is 2.35. The normalized spacial score (nSPS) is 19.7. The van der Waals surface area contributed by atoms with Crippen molar-refractivity contribution in [2.24, 2.45) is 4.99 Å². The summed E-state index contributed by atoms with van der Waals surface area (Å²) in [6.45, 7) is 10.7. The minimum Gasteiger partial charge on any atom is -0.381 e. The second-order valence-electron chi connectivity index (χ2n) is 7.83. The smallest absolute Gasteiger partial charge is 0.191 e. The lowest BCUT2D eigenvalue weighted by molar-refractivity contribution is 0.0376. The lowest BCUT2D eigenvalue weighted by atomic mass is 9.74. The van der Waals surface area contributed by atoms with E-state index in [-0.39, 0.29) is 35.2 Å². The SMILES string of the molecule is CCNC(=NCC1(c2ccc(F)cc2)CCOCC1)NCCCN1CCOCC1.I. The van der Waals surface area contributed by atoms with Gasteiger partial charge in [-0.25, -0.2) is 4.39 Å². The second-order valence-corrected chi connectivity index (χ2v) is 7.83. The molecule has 0 unspecified atom stereocenters. The van der Waals surface area contributed by atoms with Gasteiger partial charge in [0, 0.05) is 44.8 Å². The van der Waals surface area contributed by atoms with Crippen molar-refractivity contribution in [3.05, 3.63) is 35.6 Å². The monoisotopic (exact) mass is 534 g/mol. The number of hydrogen-bond donors (Lipinski definition) is 2. The van der Waals surface area contributed by atoms with Gasteiger partial charge in [-0.2, -0.15) is 0 Å². The fourth-order valence-corrected chi connectivity index (χ4v) is 4.01. The summed E-state index contributed by atoms with van der Waals surface area (Å²) in [5.74, 6) is 0.650. The van der Waals surface area contributed by atoms with E-state index in [1.165, 1.54) is 0 Å². The van der Waals surface area contributed by atoms with Gasteiger partial charge in [-0.15, -0.1) is 24.0 Å². The number of nitrogens with zero attached hydrogens (tertiary/aromatic N) is 2. The topological polar surface area (TPSA) is 58.1 Å². The first-order valence-electron chi connectivity index (χ1n) is 10.9. The molecule has 170 valence electrons. The molecule has 30 heavy (non-hydrogen) atoms. The molecule has 2 fully saturated rings. The number of morpholine rings is 1. The van der Waals surface area contributed by atoms with Crippen LogP contribution in [0.2, 0.25) is 0 Å². The van der Waals surface area contributed by atoms with Crippen molar-refractivity contribution in [1.29, 1.82) is 0 Å². The fraction of sp³-hybridized carbons (Fsp3) is 0.682. The summed E-state index contributed by atoms with van der Waals surface area (Å²) in [6, 6.07) is 6.90. The van der Waals surface area contributed by atoms with Gasteiger partial charge in [0.1, 0.15) is 5.82 Å². The molecule has 0 aromatic heterocycles. The molecule has 2 aliphatic heterocycles. The third-order valence-electron chi connectivity index (χ3n) is 5.84. The first-order valence-corrected chi connectivity index (χ1v) is 10.9. The van der Waals surface area contributed by atoms with Crippen LogP contribution >= 0.6 is 24.0 Å². The summed E-state index contributed by atoms with van der Waals surface area (Å²) in [5, 5.41) is 6.82. The van der Waals surface area contributed by atoms with Crippen LogP contribution in [0.25, 0.3) is 0 Å². The lowest BCUT2D eigenvalue weighted by Crippen LogP contribution is -2.42. The van der Waals surface area contributed by atoms with Gasteiger partial charge in [-0.3, -0.25) is 9.89 Å². The Morgan fingerprint density at radius 1 is 1.07 bits per heavy atom. The Balaban J connectivity index is 0.00000320. The zero-order valence-electron chi connectivity index (χ0n) is 18.0. The minimum absolute atomic E-state index is 0. The van der Waals surface area contributed by atoms with E-state index in [4.69, 9.17) is 14.5 Å². The van der Waals surface area contributed by atoms with E-state index in [0.29, 0.717) is 6.54 Å². The van der Waals surface area contributed by atoms with Gasteiger partial charge in [-0.05, 0) is 50.4 Å². The van der Waals surface area contributed by atoms with E-state index in [0.717, 1.165) is 89.9 Å². The Kier molecular flexibility index (Phi) is 11.3. The van der Waals surface area contributed by atoms with Crippen molar-refractivity contribution in [2.75, 3.05) is 65.7 Å². The third-order valence-corrected chi connectivity index (χ3v) is 5.84. The Hall–Kier alpha value is -0.970. The molecule has 6 nitrogen and oxygen atoms in total. The predicted molar refractivity (Wildman–Crippen MR) is 129 cm³/mol. The molecule has 2 saturated heterocycles. The minimum atomic E-state index is -0.199. The number of rotatable bonds is 8. The van der Waals surface area contributed by atoms with E-state index in [1.54, 1.807) is 12.1 Å². The molecular weight excluding hydrogens is 498 g/mol. The largest absolute Gasteiger partial charge is 0.381 e. The average Bonchev–Trinajstić information content (AvgIpc) is 2.77. The number of guanidine groups is 1. The van der Waals surface area contributed by atoms with Crippen LogP contribution in [0.3, 0.4) is 0 Å². The molecule has 0 saturated carbocycles. The van der Waals surface area contributed by atoms with Crippen LogP contribution < -0.4 is 10.6 Å². The Bertz CT molecular complexity index is 633. The van der Waals surface area contributed by atoms with E-state index in [2.05, 4.69) is 22.5 Å². The first-order chi connectivity index (χ1) is 14.2. The molecule has 3 rings (SSSR count). The van der Waals surface area contributed by atoms with Crippen LogP contribution in [-0.4, -0.2) is 76.6 Å². The molecule has 8 heteroatoms. The van der Waals surface area contributed by atoms with Gasteiger partial charge < -0.3 is 20.1 Å². The van der Waals surface area contributed by atoms with E-state index >= 15 is 0 Å². The number of aliphatic imine (C=N–C) groups is 1. The lowest BCUT2D eigenvalue weighted by Gasteiger charge is -2.36. The standard InChI is InChI=1S/C22H35FN4O2.HI/c1-2-24-21(25-10-3-11-27-12-16-29-17-13-27)26-18-22(8-14-28-15-9-22)19-4-6-20(23)7-5-19;/h4-7H,2-3,8-18H2,1H3,(H2,24,25,26);1H. The van der Waals surface area contributed by atoms with Gasteiger partial charge >= 0.3 is 0 Å². The second kappa shape index (κ2) is 13.4. The molecule has 0 aliphatic carbocycles. The summed E-state index contributed by atoms with van der Waals surface area (Å²) >= 11 is 0. The van der Waals surface area contributed by atoms with Gasteiger partial charge in [0.05, 0.1) is 19.8 Å². The molecule has 2 heterocycles. The maximum Gasteiger partial charge on any atom is 0.191 e. The Morgan fingerprint density at radius 3 is 2.40 bits per heavy atom. The number of hydrogen-bond acceptors (Lipinski definition) is 4. The quantitative estimate of drug-likeness (QED) is 0.233. The molecule has 0 amide bonds.